The van der Waals surface area contributed by atoms with E-state index in [0.29, 0.717) is 18.7 Å². The van der Waals surface area contributed by atoms with Gasteiger partial charge in [0.15, 0.2) is 5.75 Å². The predicted molar refractivity (Wildman–Crippen MR) is 75.4 cm³/mol. The summed E-state index contributed by atoms with van der Waals surface area (Å²) < 4.78 is 30.3. The standard InChI is InChI=1S/C13H18N2O4S/c1-2-19-13(16)9-20(17,18)15-7-6-11-10(8-15)4-3-5-12(11)14/h3-5H,2,6-9,14H2,1H3. The number of nitrogen functional groups attached to an aromatic ring is 1. The van der Waals surface area contributed by atoms with E-state index in [0.717, 1.165) is 11.1 Å². The quantitative estimate of drug-likeness (QED) is 0.646. The van der Waals surface area contributed by atoms with Gasteiger partial charge in [0.2, 0.25) is 10.0 Å². The van der Waals surface area contributed by atoms with Crippen LogP contribution in [0.1, 0.15) is 18.1 Å². The van der Waals surface area contributed by atoms with Crippen molar-refractivity contribution in [3.05, 3.63) is 29.3 Å². The van der Waals surface area contributed by atoms with Crippen LogP contribution in [0.5, 0.6) is 0 Å². The highest BCUT2D eigenvalue weighted by Crippen LogP contribution is 2.25. The molecule has 1 aliphatic heterocycles. The molecule has 1 aromatic carbocycles. The number of rotatable bonds is 4. The van der Waals surface area contributed by atoms with Crippen LogP contribution >= 0.6 is 0 Å². The third-order valence-electron chi connectivity index (χ3n) is 3.27. The maximum atomic E-state index is 12.2. The van der Waals surface area contributed by atoms with Gasteiger partial charge >= 0.3 is 5.97 Å². The summed E-state index contributed by atoms with van der Waals surface area (Å²) in [6.45, 7) is 2.41. The van der Waals surface area contributed by atoms with Crippen LogP contribution in [0.15, 0.2) is 18.2 Å². The van der Waals surface area contributed by atoms with E-state index in [-0.39, 0.29) is 13.2 Å². The zero-order chi connectivity index (χ0) is 14.8. The number of sulfonamides is 1. The Labute approximate surface area is 118 Å². The normalized spacial score (nSPS) is 15.7. The molecule has 110 valence electrons. The molecule has 1 aliphatic rings. The first-order valence-corrected chi connectivity index (χ1v) is 8.04. The molecule has 0 aromatic heterocycles. The van der Waals surface area contributed by atoms with Gasteiger partial charge in [-0.25, -0.2) is 8.42 Å². The van der Waals surface area contributed by atoms with Crippen molar-refractivity contribution in [3.63, 3.8) is 0 Å². The maximum absolute atomic E-state index is 12.2. The number of nitrogens with zero attached hydrogens (tertiary/aromatic N) is 1. The van der Waals surface area contributed by atoms with Crippen molar-refractivity contribution in [1.82, 2.24) is 4.31 Å². The minimum absolute atomic E-state index is 0.174. The molecule has 1 aromatic rings. The average Bonchev–Trinajstić information content (AvgIpc) is 2.38. The van der Waals surface area contributed by atoms with Gasteiger partial charge in [-0.15, -0.1) is 0 Å². The van der Waals surface area contributed by atoms with E-state index >= 15 is 0 Å². The number of carbonyl (C=O) groups is 1. The lowest BCUT2D eigenvalue weighted by molar-refractivity contribution is -0.140. The second-order valence-corrected chi connectivity index (χ2v) is 6.60. The Morgan fingerprint density at radius 2 is 2.20 bits per heavy atom. The number of esters is 1. The van der Waals surface area contributed by atoms with Crippen LogP contribution in [0.3, 0.4) is 0 Å². The Bertz CT molecular complexity index is 613. The number of hydrogen-bond donors (Lipinski definition) is 1. The topological polar surface area (TPSA) is 89.7 Å². The number of anilines is 1. The zero-order valence-corrected chi connectivity index (χ0v) is 12.1. The third-order valence-corrected chi connectivity index (χ3v) is 4.97. The van der Waals surface area contributed by atoms with Crippen LogP contribution in [0.2, 0.25) is 0 Å². The largest absolute Gasteiger partial charge is 0.465 e. The lowest BCUT2D eigenvalue weighted by atomic mass is 9.99. The van der Waals surface area contributed by atoms with Crippen LogP contribution in [0.4, 0.5) is 5.69 Å². The van der Waals surface area contributed by atoms with Crippen LogP contribution in [0, 0.1) is 0 Å². The smallest absolute Gasteiger partial charge is 0.322 e. The molecule has 0 spiro atoms. The van der Waals surface area contributed by atoms with Crippen molar-refractivity contribution in [2.45, 2.75) is 19.9 Å². The van der Waals surface area contributed by atoms with Gasteiger partial charge in [-0.1, -0.05) is 12.1 Å². The average molecular weight is 298 g/mol. The summed E-state index contributed by atoms with van der Waals surface area (Å²) >= 11 is 0. The van der Waals surface area contributed by atoms with Gasteiger partial charge in [0.05, 0.1) is 6.61 Å². The number of benzene rings is 1. The maximum Gasteiger partial charge on any atom is 0.322 e. The second kappa shape index (κ2) is 5.80. The molecule has 0 saturated carbocycles. The molecule has 0 fully saturated rings. The van der Waals surface area contributed by atoms with E-state index < -0.39 is 21.7 Å². The first kappa shape index (κ1) is 14.8. The van der Waals surface area contributed by atoms with E-state index in [9.17, 15) is 13.2 Å². The fraction of sp³-hybridized carbons (Fsp3) is 0.462. The molecule has 0 radical (unpaired) electrons. The van der Waals surface area contributed by atoms with Crippen molar-refractivity contribution < 1.29 is 17.9 Å². The van der Waals surface area contributed by atoms with Crippen molar-refractivity contribution in [1.29, 1.82) is 0 Å². The summed E-state index contributed by atoms with van der Waals surface area (Å²) in [5, 5.41) is 0. The van der Waals surface area contributed by atoms with Crippen molar-refractivity contribution >= 4 is 21.7 Å². The van der Waals surface area contributed by atoms with E-state index in [1.807, 2.05) is 12.1 Å². The van der Waals surface area contributed by atoms with Crippen molar-refractivity contribution in [2.24, 2.45) is 0 Å². The second-order valence-electron chi connectivity index (χ2n) is 4.63. The number of nitrogens with two attached hydrogens (primary N) is 1. The number of hydrogen-bond acceptors (Lipinski definition) is 5. The van der Waals surface area contributed by atoms with E-state index in [1.165, 1.54) is 4.31 Å². The lowest BCUT2D eigenvalue weighted by Crippen LogP contribution is -2.39. The molecule has 0 amide bonds. The lowest BCUT2D eigenvalue weighted by Gasteiger charge is -2.28. The van der Waals surface area contributed by atoms with E-state index in [2.05, 4.69) is 0 Å². The number of fused-ring (bicyclic) bond motifs is 1. The van der Waals surface area contributed by atoms with Gasteiger partial charge in [-0.2, -0.15) is 4.31 Å². The van der Waals surface area contributed by atoms with Gasteiger partial charge in [0.25, 0.3) is 0 Å². The summed E-state index contributed by atoms with van der Waals surface area (Å²) in [5.74, 6) is -1.33. The van der Waals surface area contributed by atoms with Gasteiger partial charge < -0.3 is 10.5 Å². The Hall–Kier alpha value is -1.60. The van der Waals surface area contributed by atoms with Crippen molar-refractivity contribution in [3.8, 4) is 0 Å². The molecule has 7 heteroatoms. The first-order valence-electron chi connectivity index (χ1n) is 6.43. The molecule has 0 saturated heterocycles. The highest BCUT2D eigenvalue weighted by atomic mass is 32.2. The molecule has 0 atom stereocenters. The molecule has 1 heterocycles. The van der Waals surface area contributed by atoms with Crippen LogP contribution in [-0.2, 0) is 32.5 Å². The summed E-state index contributed by atoms with van der Waals surface area (Å²) in [7, 11) is -3.64. The van der Waals surface area contributed by atoms with Gasteiger partial charge in [0, 0.05) is 18.8 Å². The van der Waals surface area contributed by atoms with Gasteiger partial charge in [-0.3, -0.25) is 4.79 Å². The molecule has 6 nitrogen and oxygen atoms in total. The van der Waals surface area contributed by atoms with E-state index in [4.69, 9.17) is 10.5 Å². The van der Waals surface area contributed by atoms with Crippen LogP contribution in [0.25, 0.3) is 0 Å². The Balaban J connectivity index is 2.14. The Morgan fingerprint density at radius 1 is 1.45 bits per heavy atom. The predicted octanol–water partition coefficient (Wildman–Crippen LogP) is 0.520. The molecular weight excluding hydrogens is 280 g/mol. The van der Waals surface area contributed by atoms with Crippen LogP contribution < -0.4 is 5.73 Å². The van der Waals surface area contributed by atoms with Crippen LogP contribution in [-0.4, -0.2) is 37.6 Å². The molecule has 2 rings (SSSR count). The minimum Gasteiger partial charge on any atom is -0.465 e. The SMILES string of the molecule is CCOC(=O)CS(=O)(=O)N1CCc2c(N)cccc2C1. The molecule has 0 unspecified atom stereocenters. The number of carbonyl (C=O) groups excluding carboxylic acids is 1. The molecule has 0 bridgehead atoms. The number of ether oxygens (including phenoxy) is 1. The Morgan fingerprint density at radius 3 is 2.90 bits per heavy atom. The summed E-state index contributed by atoms with van der Waals surface area (Å²) in [4.78, 5) is 11.4. The highest BCUT2D eigenvalue weighted by molar-refractivity contribution is 7.89. The summed E-state index contributed by atoms with van der Waals surface area (Å²) in [6, 6.07) is 5.47. The monoisotopic (exact) mass is 298 g/mol. The molecule has 2 N–H and O–H groups in total. The van der Waals surface area contributed by atoms with E-state index in [1.54, 1.807) is 13.0 Å². The molecule has 0 aliphatic carbocycles. The van der Waals surface area contributed by atoms with Gasteiger partial charge in [-0.05, 0) is 30.5 Å². The Kier molecular flexibility index (Phi) is 4.29. The summed E-state index contributed by atoms with van der Waals surface area (Å²) in [6.07, 6.45) is 0.560. The summed E-state index contributed by atoms with van der Waals surface area (Å²) in [5.41, 5.74) is 8.45. The zero-order valence-electron chi connectivity index (χ0n) is 11.3. The minimum atomic E-state index is -3.64. The fourth-order valence-electron chi connectivity index (χ4n) is 2.29. The fourth-order valence-corrected chi connectivity index (χ4v) is 3.56. The first-order chi connectivity index (χ1) is 9.44. The molecule has 20 heavy (non-hydrogen) atoms. The third kappa shape index (κ3) is 3.10. The highest BCUT2D eigenvalue weighted by Gasteiger charge is 2.29. The van der Waals surface area contributed by atoms with Crippen molar-refractivity contribution in [2.75, 3.05) is 24.6 Å². The molecular formula is C13H18N2O4S. The van der Waals surface area contributed by atoms with Gasteiger partial charge in [0.1, 0.15) is 0 Å².